The van der Waals surface area contributed by atoms with E-state index in [1.807, 2.05) is 0 Å². The van der Waals surface area contributed by atoms with E-state index >= 15 is 0 Å². The Morgan fingerprint density at radius 1 is 0.577 bits per heavy atom. The van der Waals surface area contributed by atoms with Gasteiger partial charge in [0.25, 0.3) is 0 Å². The summed E-state index contributed by atoms with van der Waals surface area (Å²) < 4.78 is 47.9. The predicted molar refractivity (Wildman–Crippen MR) is 319 cm³/mol. The number of hydrogen-bond donors (Lipinski definition) is 5. The van der Waals surface area contributed by atoms with Gasteiger partial charge in [-0.1, -0.05) is 105 Å². The molecule has 21 nitrogen and oxygen atoms in total. The molecule has 8 atom stereocenters. The first-order valence-corrected chi connectivity index (χ1v) is 29.4. The zero-order valence-electron chi connectivity index (χ0n) is 45.0. The van der Waals surface area contributed by atoms with Crippen molar-refractivity contribution in [3.63, 3.8) is 0 Å². The molecular formula is C42H74Br3O21S8Y4-. The van der Waals surface area contributed by atoms with Crippen LogP contribution >= 0.6 is 120 Å². The van der Waals surface area contributed by atoms with Crippen LogP contribution in [0.5, 0.6) is 0 Å². The maximum atomic E-state index is 11.6. The molecule has 0 rings (SSSR count). The second-order valence-corrected chi connectivity index (χ2v) is 22.6. The summed E-state index contributed by atoms with van der Waals surface area (Å²) in [6.45, 7) is 23.8. The number of alkyl halides is 2. The normalized spacial score (nSPS) is 11.7. The molecule has 0 saturated heterocycles. The largest absolute Gasteiger partial charge is 0.773 e. The van der Waals surface area contributed by atoms with Gasteiger partial charge >= 0.3 is 41.8 Å². The SMILES string of the molecule is C.C=CC(=O)OC.CC(Br)C(=O)Br.CCO.CCOC(=O)C(C)Br.CCOC(=O)C(C)CC(SC(O)=S)C(=O)OC.CCOC(=O)C(C)CC(SC(O)=S)C(=O)OCC.CCOC(=O)C(C)SC(O)=S.[O-]S(O)=S.[Y].[Y].[Y].[Y]. The van der Waals surface area contributed by atoms with E-state index in [1.165, 1.54) is 14.2 Å². The molecular weight excluding hydrogens is 1690 g/mol. The average Bonchev–Trinajstić information content (AvgIpc) is 3.28. The molecule has 0 bridgehead atoms. The molecule has 0 aliphatic heterocycles. The van der Waals surface area contributed by atoms with Gasteiger partial charge in [0.15, 0.2) is 0 Å². The second kappa shape index (κ2) is 79.7. The van der Waals surface area contributed by atoms with Gasteiger partial charge in [0.1, 0.15) is 20.6 Å². The van der Waals surface area contributed by atoms with Crippen LogP contribution in [0.25, 0.3) is 0 Å². The van der Waals surface area contributed by atoms with Crippen LogP contribution in [-0.2, 0) is 224 Å². The Labute approximate surface area is 623 Å². The Kier molecular flexibility index (Phi) is 114. The average molecular weight is 1770 g/mol. The quantitative estimate of drug-likeness (QED) is 0.0189. The zero-order chi connectivity index (χ0) is 59.4. The Balaban J connectivity index is -0.0000000591. The van der Waals surface area contributed by atoms with Gasteiger partial charge in [0, 0.05) is 144 Å². The molecule has 0 aliphatic carbocycles. The summed E-state index contributed by atoms with van der Waals surface area (Å²) in [4.78, 5) is 86.8. The minimum atomic E-state index is -2.03. The molecule has 0 amide bonds. The second-order valence-electron chi connectivity index (χ2n) is 12.1. The van der Waals surface area contributed by atoms with Gasteiger partial charge < -0.3 is 62.7 Å². The number of carbonyl (C=O) groups excluding carboxylic acids is 8. The Morgan fingerprint density at radius 3 is 1.03 bits per heavy atom. The number of hydrogen-bond acceptors (Lipinski definition) is 24. The number of thiocarbonyl (C=S) groups is 3. The van der Waals surface area contributed by atoms with E-state index in [1.54, 1.807) is 76.2 Å². The van der Waals surface area contributed by atoms with Gasteiger partial charge in [0.05, 0.1) is 63.9 Å². The van der Waals surface area contributed by atoms with Gasteiger partial charge in [-0.2, -0.15) is 0 Å². The number of rotatable bonds is 20. The Hall–Kier alpha value is 2.73. The zero-order valence-corrected chi connectivity index (χ0v) is 67.6. The van der Waals surface area contributed by atoms with E-state index in [4.69, 9.17) is 43.7 Å². The van der Waals surface area contributed by atoms with Crippen LogP contribution in [0.4, 0.5) is 0 Å². The number of halogens is 3. The van der Waals surface area contributed by atoms with Gasteiger partial charge in [0.2, 0.25) is 17.8 Å². The first-order valence-electron chi connectivity index (χ1n) is 20.9. The molecule has 0 aliphatic rings. The number of methoxy groups -OCH3 is 2. The standard InChI is InChI=1S/C11H18O5S2.C10H16O5S2.C6H10O3S2.C5H9BrO2.C4H6O2.C3H4Br2O.C2H6O.CH4.H2O2S2.4Y/c1-4-15-9(12)7(3)6-8(18-11(14)17)10(13)16-5-2;1-4-15-8(11)6(2)5-7(9(12)14-3)17-10(13)16;1-3-9-5(7)4(2)11-6(8)10;1-3-8-5(7)4(2)6;1-3-4(5)6-2;1-2(4)3(5)6;1-2-3;;1-4(2)3;;;;/h7-8H,4-6H2,1-3H3,(H,14,17);6-7H,4-5H2,1-3H3,(H,13,16);4H,3H2,1-2H3,(H,8,10);4H,3H2,1-2H3;3H,1H2,2H3;2H,1H3;3H,2H2,1H3;1H4;(H2,1,2,3);;;;/p-1. The molecule has 78 heavy (non-hydrogen) atoms. The molecule has 0 aromatic rings. The molecule has 0 fully saturated rings. The van der Waals surface area contributed by atoms with E-state index in [9.17, 15) is 38.4 Å². The van der Waals surface area contributed by atoms with Crippen LogP contribution in [0.1, 0.15) is 96.4 Å². The minimum Gasteiger partial charge on any atom is -0.773 e. The van der Waals surface area contributed by atoms with Crippen molar-refractivity contribution < 1.29 is 232 Å². The molecule has 450 valence electrons. The van der Waals surface area contributed by atoms with Gasteiger partial charge in [-0.05, 0) is 139 Å². The third-order valence-electron chi connectivity index (χ3n) is 6.20. The smallest absolute Gasteiger partial charge is 0.329 e. The summed E-state index contributed by atoms with van der Waals surface area (Å²) in [5, 5.41) is 32.4. The number of thioether (sulfide) groups is 3. The van der Waals surface area contributed by atoms with Crippen molar-refractivity contribution in [2.24, 2.45) is 11.8 Å². The van der Waals surface area contributed by atoms with Crippen LogP contribution < -0.4 is 0 Å². The Bertz CT molecular complexity index is 1630. The Morgan fingerprint density at radius 2 is 0.833 bits per heavy atom. The van der Waals surface area contributed by atoms with Crippen LogP contribution in [0, 0.1) is 11.8 Å². The maximum absolute atomic E-state index is 11.6. The van der Waals surface area contributed by atoms with E-state index in [-0.39, 0.29) is 222 Å². The van der Waals surface area contributed by atoms with Crippen molar-refractivity contribution in [1.29, 1.82) is 0 Å². The number of aliphatic hydroxyl groups is 4. The molecule has 4 radical (unpaired) electrons. The molecule has 0 aromatic heterocycles. The maximum Gasteiger partial charge on any atom is 0.329 e. The van der Waals surface area contributed by atoms with E-state index < -0.39 is 55.5 Å². The van der Waals surface area contributed by atoms with Gasteiger partial charge in [-0.3, -0.25) is 33.6 Å². The third kappa shape index (κ3) is 92.4. The number of aliphatic hydroxyl groups excluding tert-OH is 4. The summed E-state index contributed by atoms with van der Waals surface area (Å²) >= 11 is 28.5. The number of ether oxygens (including phenoxy) is 7. The van der Waals surface area contributed by atoms with Crippen LogP contribution in [-0.4, -0.2) is 168 Å². The van der Waals surface area contributed by atoms with Crippen molar-refractivity contribution in [2.75, 3.05) is 53.9 Å². The first-order chi connectivity index (χ1) is 33.7. The first kappa shape index (κ1) is 112. The molecule has 0 spiro atoms. The van der Waals surface area contributed by atoms with E-state index in [2.05, 4.69) is 121 Å². The topological polar surface area (TPSA) is 325 Å². The fourth-order valence-electron chi connectivity index (χ4n) is 3.20. The molecule has 0 aromatic carbocycles. The summed E-state index contributed by atoms with van der Waals surface area (Å²) in [5.41, 5.74) is 0. The van der Waals surface area contributed by atoms with Crippen LogP contribution in [0.3, 0.4) is 0 Å². The fourth-order valence-corrected chi connectivity index (χ4v) is 6.54. The summed E-state index contributed by atoms with van der Waals surface area (Å²) in [6.07, 6.45) is 1.53. The molecule has 0 heterocycles. The number of esters is 7. The molecule has 0 saturated carbocycles. The van der Waals surface area contributed by atoms with Crippen molar-refractivity contribution in [2.45, 2.75) is 122 Å². The summed E-state index contributed by atoms with van der Waals surface area (Å²) in [5.74, 6) is -3.64. The third-order valence-corrected chi connectivity index (χ3v) is 11.6. The van der Waals surface area contributed by atoms with Crippen molar-refractivity contribution in [1.82, 2.24) is 0 Å². The minimum absolute atomic E-state index is 0. The van der Waals surface area contributed by atoms with E-state index in [0.29, 0.717) is 19.8 Å². The van der Waals surface area contributed by atoms with Gasteiger partial charge in [-0.25, -0.2) is 4.79 Å². The van der Waals surface area contributed by atoms with Crippen molar-refractivity contribution in [3.05, 3.63) is 12.7 Å². The van der Waals surface area contributed by atoms with Gasteiger partial charge in [-0.15, -0.1) is 0 Å². The van der Waals surface area contributed by atoms with E-state index in [0.717, 1.165) is 41.4 Å². The monoisotopic (exact) mass is 1760 g/mol. The fraction of sp³-hybridized carbons (Fsp3) is 0.690. The molecule has 8 unspecified atom stereocenters. The van der Waals surface area contributed by atoms with Crippen LogP contribution in [0.2, 0.25) is 0 Å². The number of carbonyl (C=O) groups is 8. The molecule has 5 N–H and O–H groups in total. The summed E-state index contributed by atoms with van der Waals surface area (Å²) in [6, 6.07) is 0. The summed E-state index contributed by atoms with van der Waals surface area (Å²) in [7, 11) is 0.523. The molecule has 36 heteroatoms. The van der Waals surface area contributed by atoms with Crippen molar-refractivity contribution >= 4 is 201 Å². The van der Waals surface area contributed by atoms with Crippen molar-refractivity contribution in [3.8, 4) is 0 Å². The predicted octanol–water partition coefficient (Wildman–Crippen LogP) is 8.96. The van der Waals surface area contributed by atoms with Crippen LogP contribution in [0.15, 0.2) is 12.7 Å².